The largest absolute Gasteiger partial charge is 0.325 e. The average molecular weight is 409 g/mol. The second kappa shape index (κ2) is 9.19. The number of carbonyl (C=O) groups excluding carboxylic acids is 1. The fourth-order valence-electron chi connectivity index (χ4n) is 3.34. The van der Waals surface area contributed by atoms with Crippen LogP contribution in [0.5, 0.6) is 0 Å². The second-order valence-corrected chi connectivity index (χ2v) is 8.17. The van der Waals surface area contributed by atoms with E-state index in [1.54, 1.807) is 4.68 Å². The van der Waals surface area contributed by atoms with E-state index in [9.17, 15) is 4.79 Å². The van der Waals surface area contributed by atoms with Crippen molar-refractivity contribution < 1.29 is 4.79 Å². The quantitative estimate of drug-likeness (QED) is 0.605. The summed E-state index contributed by atoms with van der Waals surface area (Å²) in [6, 6.07) is 16.0. The number of nitrogens with one attached hydrogen (secondary N) is 1. The molecule has 0 atom stereocenters. The van der Waals surface area contributed by atoms with Gasteiger partial charge in [0.05, 0.1) is 11.4 Å². The lowest BCUT2D eigenvalue weighted by Gasteiger charge is -2.14. The number of hydrogen-bond acceptors (Lipinski definition) is 6. The van der Waals surface area contributed by atoms with Gasteiger partial charge in [0, 0.05) is 12.2 Å². The summed E-state index contributed by atoms with van der Waals surface area (Å²) < 4.78 is 1.64. The van der Waals surface area contributed by atoms with Crippen molar-refractivity contribution in [1.82, 2.24) is 25.1 Å². The van der Waals surface area contributed by atoms with Gasteiger partial charge in [0.25, 0.3) is 0 Å². The van der Waals surface area contributed by atoms with Crippen molar-refractivity contribution >= 4 is 23.4 Å². The van der Waals surface area contributed by atoms with E-state index in [-0.39, 0.29) is 11.7 Å². The third-order valence-corrected chi connectivity index (χ3v) is 5.81. The molecule has 1 amide bonds. The van der Waals surface area contributed by atoms with Crippen LogP contribution in [0.2, 0.25) is 0 Å². The van der Waals surface area contributed by atoms with Gasteiger partial charge >= 0.3 is 0 Å². The van der Waals surface area contributed by atoms with Crippen LogP contribution in [0.25, 0.3) is 5.69 Å². The van der Waals surface area contributed by atoms with Crippen LogP contribution in [0.15, 0.2) is 53.7 Å². The van der Waals surface area contributed by atoms with E-state index in [1.165, 1.54) is 48.8 Å². The molecule has 2 aromatic carbocycles. The maximum Gasteiger partial charge on any atom is 0.234 e. The van der Waals surface area contributed by atoms with Crippen molar-refractivity contribution in [2.24, 2.45) is 0 Å². The molecule has 0 bridgehead atoms. The van der Waals surface area contributed by atoms with Crippen LogP contribution < -0.4 is 5.32 Å². The summed E-state index contributed by atoms with van der Waals surface area (Å²) in [5.74, 6) is 0.155. The molecular weight excluding hydrogens is 384 g/mol. The van der Waals surface area contributed by atoms with Gasteiger partial charge < -0.3 is 5.32 Å². The summed E-state index contributed by atoms with van der Waals surface area (Å²) in [5.41, 5.74) is 4.12. The van der Waals surface area contributed by atoms with Crippen LogP contribution in [0.4, 0.5) is 5.69 Å². The molecule has 0 spiro atoms. The van der Waals surface area contributed by atoms with Crippen molar-refractivity contribution in [3.05, 3.63) is 59.7 Å². The van der Waals surface area contributed by atoms with Gasteiger partial charge in [-0.1, -0.05) is 41.6 Å². The van der Waals surface area contributed by atoms with Crippen LogP contribution in [0, 0.1) is 6.92 Å². The number of likely N-dealkylation sites (tertiary alicyclic amines) is 1. The Balaban J connectivity index is 1.30. The number of amides is 1. The second-order valence-electron chi connectivity index (χ2n) is 7.23. The van der Waals surface area contributed by atoms with Crippen molar-refractivity contribution in [1.29, 1.82) is 0 Å². The topological polar surface area (TPSA) is 75.9 Å². The highest BCUT2D eigenvalue weighted by Crippen LogP contribution is 2.19. The number of benzene rings is 2. The summed E-state index contributed by atoms with van der Waals surface area (Å²) >= 11 is 1.31. The Morgan fingerprint density at radius 2 is 1.79 bits per heavy atom. The molecule has 150 valence electrons. The average Bonchev–Trinajstić information content (AvgIpc) is 3.40. The first-order valence-electron chi connectivity index (χ1n) is 9.77. The molecule has 0 unspecified atom stereocenters. The predicted molar refractivity (Wildman–Crippen MR) is 114 cm³/mol. The summed E-state index contributed by atoms with van der Waals surface area (Å²) in [4.78, 5) is 14.8. The van der Waals surface area contributed by atoms with Crippen molar-refractivity contribution in [3.63, 3.8) is 0 Å². The maximum absolute atomic E-state index is 12.3. The fourth-order valence-corrected chi connectivity index (χ4v) is 4.03. The molecule has 1 aliphatic rings. The van der Waals surface area contributed by atoms with Crippen LogP contribution in [-0.2, 0) is 11.3 Å². The number of aromatic nitrogens is 4. The van der Waals surface area contributed by atoms with E-state index in [2.05, 4.69) is 37.9 Å². The lowest BCUT2D eigenvalue weighted by molar-refractivity contribution is -0.113. The smallest absolute Gasteiger partial charge is 0.234 e. The third kappa shape index (κ3) is 5.21. The highest BCUT2D eigenvalue weighted by Gasteiger charge is 2.13. The number of aryl methyl sites for hydroxylation is 1. The third-order valence-electron chi connectivity index (χ3n) is 4.89. The molecule has 1 aromatic heterocycles. The highest BCUT2D eigenvalue weighted by molar-refractivity contribution is 7.99. The molecule has 0 saturated carbocycles. The van der Waals surface area contributed by atoms with Gasteiger partial charge in [0.2, 0.25) is 11.1 Å². The molecule has 3 aromatic rings. The number of tetrazole rings is 1. The minimum absolute atomic E-state index is 0.0826. The van der Waals surface area contributed by atoms with Gasteiger partial charge in [-0.3, -0.25) is 9.69 Å². The standard InChI is InChI=1S/C21H24N6OS/c1-16-4-10-19(11-5-16)27-21(23-24-25-27)29-15-20(28)22-18-8-6-17(7-9-18)14-26-12-2-3-13-26/h4-11H,2-3,12-15H2,1H3,(H,22,28). The van der Waals surface area contributed by atoms with Gasteiger partial charge in [-0.25, -0.2) is 0 Å². The monoisotopic (exact) mass is 408 g/mol. The molecule has 4 rings (SSSR count). The Kier molecular flexibility index (Phi) is 6.21. The Hall–Kier alpha value is -2.71. The lowest BCUT2D eigenvalue weighted by atomic mass is 10.2. The fraction of sp³-hybridized carbons (Fsp3) is 0.333. The van der Waals surface area contributed by atoms with Crippen LogP contribution >= 0.6 is 11.8 Å². The Morgan fingerprint density at radius 3 is 2.52 bits per heavy atom. The number of hydrogen-bond donors (Lipinski definition) is 1. The van der Waals surface area contributed by atoms with Gasteiger partial charge in [-0.05, 0) is 73.1 Å². The zero-order chi connectivity index (χ0) is 20.1. The van der Waals surface area contributed by atoms with E-state index < -0.39 is 0 Å². The van der Waals surface area contributed by atoms with Crippen molar-refractivity contribution in [3.8, 4) is 5.69 Å². The highest BCUT2D eigenvalue weighted by atomic mass is 32.2. The van der Waals surface area contributed by atoms with Crippen LogP contribution in [0.1, 0.15) is 24.0 Å². The van der Waals surface area contributed by atoms with Crippen molar-refractivity contribution in [2.75, 3.05) is 24.2 Å². The summed E-state index contributed by atoms with van der Waals surface area (Å²) in [7, 11) is 0. The van der Waals surface area contributed by atoms with Gasteiger partial charge in [-0.2, -0.15) is 4.68 Å². The van der Waals surface area contributed by atoms with Gasteiger partial charge in [-0.15, -0.1) is 5.10 Å². The molecule has 0 aliphatic carbocycles. The first-order valence-corrected chi connectivity index (χ1v) is 10.8. The molecule has 8 heteroatoms. The molecule has 1 N–H and O–H groups in total. The molecule has 1 aliphatic heterocycles. The number of rotatable bonds is 7. The van der Waals surface area contributed by atoms with Gasteiger partial charge in [0.1, 0.15) is 0 Å². The minimum atomic E-state index is -0.0826. The van der Waals surface area contributed by atoms with E-state index in [4.69, 9.17) is 0 Å². The summed E-state index contributed by atoms with van der Waals surface area (Å²) in [6.07, 6.45) is 2.58. The Bertz CT molecular complexity index is 948. The van der Waals surface area contributed by atoms with Crippen LogP contribution in [-0.4, -0.2) is 49.9 Å². The Labute approximate surface area is 174 Å². The maximum atomic E-state index is 12.3. The first kappa shape index (κ1) is 19.6. The normalized spacial score (nSPS) is 14.2. The predicted octanol–water partition coefficient (Wildman–Crippen LogP) is 3.30. The van der Waals surface area contributed by atoms with E-state index in [1.807, 2.05) is 43.3 Å². The SMILES string of the molecule is Cc1ccc(-n2nnnc2SCC(=O)Nc2ccc(CN3CCCC3)cc2)cc1. The number of carbonyl (C=O) groups is 1. The molecule has 7 nitrogen and oxygen atoms in total. The summed E-state index contributed by atoms with van der Waals surface area (Å²) in [5, 5.41) is 15.3. The zero-order valence-corrected chi connectivity index (χ0v) is 17.2. The van der Waals surface area contributed by atoms with E-state index >= 15 is 0 Å². The number of anilines is 1. The molecule has 1 fully saturated rings. The van der Waals surface area contributed by atoms with Crippen LogP contribution in [0.3, 0.4) is 0 Å². The van der Waals surface area contributed by atoms with E-state index in [0.29, 0.717) is 5.16 Å². The molecule has 2 heterocycles. The first-order chi connectivity index (χ1) is 14.2. The molecule has 29 heavy (non-hydrogen) atoms. The van der Waals surface area contributed by atoms with Crippen molar-refractivity contribution in [2.45, 2.75) is 31.5 Å². The van der Waals surface area contributed by atoms with E-state index in [0.717, 1.165) is 17.9 Å². The molecule has 0 radical (unpaired) electrons. The number of thioether (sulfide) groups is 1. The number of nitrogens with zero attached hydrogens (tertiary/aromatic N) is 5. The Morgan fingerprint density at radius 1 is 1.07 bits per heavy atom. The zero-order valence-electron chi connectivity index (χ0n) is 16.4. The molecular formula is C21H24N6OS. The molecule has 1 saturated heterocycles. The lowest BCUT2D eigenvalue weighted by Crippen LogP contribution is -2.18. The summed E-state index contributed by atoms with van der Waals surface area (Å²) in [6.45, 7) is 5.36. The van der Waals surface area contributed by atoms with Gasteiger partial charge in [0.15, 0.2) is 0 Å². The minimum Gasteiger partial charge on any atom is -0.325 e.